The Morgan fingerprint density at radius 1 is 1.62 bits per heavy atom. The molecule has 0 aromatic carbocycles. The molecule has 0 spiro atoms. The molecule has 0 aliphatic heterocycles. The van der Waals surface area contributed by atoms with Crippen LogP contribution in [0.4, 0.5) is 0 Å². The van der Waals surface area contributed by atoms with E-state index in [1.807, 2.05) is 6.07 Å². The van der Waals surface area contributed by atoms with Crippen LogP contribution in [-0.2, 0) is 0 Å². The molecule has 0 aliphatic rings. The fourth-order valence-electron chi connectivity index (χ4n) is 0.433. The summed E-state index contributed by atoms with van der Waals surface area (Å²) in [5.41, 5.74) is 10.6. The molecule has 0 aliphatic carbocycles. The zero-order chi connectivity index (χ0) is 6.41. The average Bonchev–Trinajstić information content (AvgIpc) is 1.68. The number of nitrogens with two attached hydrogens (primary N) is 2. The summed E-state index contributed by atoms with van der Waals surface area (Å²) in [5, 5.41) is 8.09. The molecule has 0 aromatic heterocycles. The molecule has 0 saturated heterocycles. The van der Waals surface area contributed by atoms with Crippen molar-refractivity contribution in [1.29, 1.82) is 5.26 Å². The van der Waals surface area contributed by atoms with Crippen LogP contribution in [0.15, 0.2) is 0 Å². The summed E-state index contributed by atoms with van der Waals surface area (Å²) in [7, 11) is 0. The maximum absolute atomic E-state index is 8.09. The molecule has 4 N–H and O–H groups in total. The lowest BCUT2D eigenvalue weighted by Gasteiger charge is -2.01. The second-order valence-corrected chi connectivity index (χ2v) is 1.70. The van der Waals surface area contributed by atoms with Crippen LogP contribution in [0, 0.1) is 11.3 Å². The highest BCUT2D eigenvalue weighted by molar-refractivity contribution is 4.77. The van der Waals surface area contributed by atoms with Crippen molar-refractivity contribution in [3.63, 3.8) is 0 Å². The third-order valence-corrected chi connectivity index (χ3v) is 0.891. The van der Waals surface area contributed by atoms with Gasteiger partial charge in [0.15, 0.2) is 0 Å². The van der Waals surface area contributed by atoms with E-state index in [9.17, 15) is 0 Å². The van der Waals surface area contributed by atoms with E-state index in [4.69, 9.17) is 16.7 Å². The maximum atomic E-state index is 8.09. The van der Waals surface area contributed by atoms with E-state index >= 15 is 0 Å². The van der Waals surface area contributed by atoms with Crippen molar-refractivity contribution in [3.8, 4) is 6.07 Å². The van der Waals surface area contributed by atoms with Gasteiger partial charge in [-0.05, 0) is 13.0 Å². The number of nitriles is 1. The van der Waals surface area contributed by atoms with Gasteiger partial charge in [-0.2, -0.15) is 5.26 Å². The third-order valence-electron chi connectivity index (χ3n) is 0.891. The van der Waals surface area contributed by atoms with E-state index in [1.165, 1.54) is 0 Å². The van der Waals surface area contributed by atoms with Crippen molar-refractivity contribution in [2.75, 3.05) is 6.54 Å². The molecule has 0 bridgehead atoms. The molecule has 0 saturated carbocycles. The summed E-state index contributed by atoms with van der Waals surface area (Å²) in [4.78, 5) is 0. The molecule has 0 radical (unpaired) electrons. The molecule has 3 heteroatoms. The zero-order valence-corrected chi connectivity index (χ0v) is 4.80. The van der Waals surface area contributed by atoms with Crippen LogP contribution in [0.1, 0.15) is 12.8 Å². The fourth-order valence-corrected chi connectivity index (χ4v) is 0.433. The van der Waals surface area contributed by atoms with Crippen LogP contribution in [0.5, 0.6) is 0 Å². The first-order valence-electron chi connectivity index (χ1n) is 2.64. The summed E-state index contributed by atoms with van der Waals surface area (Å²) < 4.78 is 0. The number of hydrogen-bond donors (Lipinski definition) is 2. The predicted octanol–water partition coefficient (Wildman–Crippen LogP) is -0.424. The minimum absolute atomic E-state index is 0.0231. The van der Waals surface area contributed by atoms with Crippen molar-refractivity contribution in [2.24, 2.45) is 11.5 Å². The van der Waals surface area contributed by atoms with E-state index in [2.05, 4.69) is 0 Å². The Morgan fingerprint density at radius 2 is 2.25 bits per heavy atom. The summed E-state index contributed by atoms with van der Waals surface area (Å²) in [6, 6.07) is 1.95. The van der Waals surface area contributed by atoms with Gasteiger partial charge in [0.1, 0.15) is 0 Å². The molecule has 0 fully saturated rings. The summed E-state index contributed by atoms with van der Waals surface area (Å²) >= 11 is 0. The molecule has 1 unspecified atom stereocenters. The van der Waals surface area contributed by atoms with Gasteiger partial charge in [-0.25, -0.2) is 0 Å². The van der Waals surface area contributed by atoms with E-state index in [0.29, 0.717) is 13.0 Å². The molecule has 8 heavy (non-hydrogen) atoms. The van der Waals surface area contributed by atoms with Crippen molar-refractivity contribution < 1.29 is 0 Å². The molecule has 1 atom stereocenters. The lowest BCUT2D eigenvalue weighted by molar-refractivity contribution is 0.635. The smallest absolute Gasteiger partial charge is 0.0638 e. The Balaban J connectivity index is 3.08. The topological polar surface area (TPSA) is 75.8 Å². The molecule has 46 valence electrons. The van der Waals surface area contributed by atoms with Crippen LogP contribution < -0.4 is 11.5 Å². The Morgan fingerprint density at radius 3 is 2.62 bits per heavy atom. The highest BCUT2D eigenvalue weighted by Crippen LogP contribution is 1.88. The molecule has 0 heterocycles. The Kier molecular flexibility index (Phi) is 4.23. The van der Waals surface area contributed by atoms with E-state index < -0.39 is 0 Å². The highest BCUT2D eigenvalue weighted by Gasteiger charge is 1.96. The molecule has 0 amide bonds. The van der Waals surface area contributed by atoms with Crippen LogP contribution in [0.3, 0.4) is 0 Å². The summed E-state index contributed by atoms with van der Waals surface area (Å²) in [6.45, 7) is 0.572. The van der Waals surface area contributed by atoms with Gasteiger partial charge in [-0.15, -0.1) is 0 Å². The van der Waals surface area contributed by atoms with Crippen molar-refractivity contribution in [1.82, 2.24) is 0 Å². The summed E-state index contributed by atoms with van der Waals surface area (Å²) in [5.74, 6) is 0. The molecular weight excluding hydrogens is 102 g/mol. The van der Waals surface area contributed by atoms with Gasteiger partial charge in [-0.3, -0.25) is 0 Å². The minimum Gasteiger partial charge on any atom is -0.330 e. The second kappa shape index (κ2) is 4.57. The second-order valence-electron chi connectivity index (χ2n) is 1.70. The summed E-state index contributed by atoms with van der Waals surface area (Å²) in [6.07, 6.45) is 1.16. The standard InChI is InChI=1S/C5H11N3/c6-3-1-5(8)2-4-7/h5H,1-3,6,8H2. The Hall–Kier alpha value is -0.590. The largest absolute Gasteiger partial charge is 0.330 e. The first kappa shape index (κ1) is 7.41. The number of nitrogens with zero attached hydrogens (tertiary/aromatic N) is 1. The average molecular weight is 113 g/mol. The normalized spacial score (nSPS) is 12.6. The molecule has 0 aromatic rings. The maximum Gasteiger partial charge on any atom is 0.0638 e. The first-order chi connectivity index (χ1) is 3.81. The van der Waals surface area contributed by atoms with Gasteiger partial charge in [0.25, 0.3) is 0 Å². The van der Waals surface area contributed by atoms with E-state index in [0.717, 1.165) is 6.42 Å². The van der Waals surface area contributed by atoms with Gasteiger partial charge in [-0.1, -0.05) is 0 Å². The molecular formula is C5H11N3. The first-order valence-corrected chi connectivity index (χ1v) is 2.64. The minimum atomic E-state index is -0.0231. The van der Waals surface area contributed by atoms with Gasteiger partial charge >= 0.3 is 0 Å². The third kappa shape index (κ3) is 3.59. The van der Waals surface area contributed by atoms with Crippen LogP contribution in [0.25, 0.3) is 0 Å². The Labute approximate surface area is 49.3 Å². The lowest BCUT2D eigenvalue weighted by Crippen LogP contribution is -2.22. The van der Waals surface area contributed by atoms with Crippen LogP contribution >= 0.6 is 0 Å². The van der Waals surface area contributed by atoms with E-state index in [-0.39, 0.29) is 6.04 Å². The molecule has 3 nitrogen and oxygen atoms in total. The van der Waals surface area contributed by atoms with E-state index in [1.54, 1.807) is 0 Å². The lowest BCUT2D eigenvalue weighted by atomic mass is 10.2. The predicted molar refractivity (Wildman–Crippen MR) is 31.9 cm³/mol. The fraction of sp³-hybridized carbons (Fsp3) is 0.800. The number of hydrogen-bond acceptors (Lipinski definition) is 3. The Bertz CT molecular complexity index is 84.2. The number of rotatable bonds is 3. The van der Waals surface area contributed by atoms with Crippen molar-refractivity contribution in [3.05, 3.63) is 0 Å². The van der Waals surface area contributed by atoms with Gasteiger partial charge in [0, 0.05) is 6.04 Å². The SMILES string of the molecule is N#CCC(N)CCN. The monoisotopic (exact) mass is 113 g/mol. The van der Waals surface area contributed by atoms with Crippen LogP contribution in [-0.4, -0.2) is 12.6 Å². The van der Waals surface area contributed by atoms with Crippen LogP contribution in [0.2, 0.25) is 0 Å². The highest BCUT2D eigenvalue weighted by atomic mass is 14.6. The quantitative estimate of drug-likeness (QED) is 0.521. The molecule has 0 rings (SSSR count). The zero-order valence-electron chi connectivity index (χ0n) is 4.80. The van der Waals surface area contributed by atoms with Crippen molar-refractivity contribution >= 4 is 0 Å². The van der Waals surface area contributed by atoms with Gasteiger partial charge in [0.05, 0.1) is 12.5 Å². The van der Waals surface area contributed by atoms with Gasteiger partial charge < -0.3 is 11.5 Å². The van der Waals surface area contributed by atoms with Gasteiger partial charge in [0.2, 0.25) is 0 Å². The van der Waals surface area contributed by atoms with Crippen molar-refractivity contribution in [2.45, 2.75) is 18.9 Å².